The summed E-state index contributed by atoms with van der Waals surface area (Å²) in [5.74, 6) is -0.283. The van der Waals surface area contributed by atoms with Crippen molar-refractivity contribution in [3.05, 3.63) is 0 Å². The van der Waals surface area contributed by atoms with Gasteiger partial charge in [-0.1, -0.05) is 18.5 Å². The summed E-state index contributed by atoms with van der Waals surface area (Å²) in [6.07, 6.45) is 1.17. The molecule has 0 aliphatic carbocycles. The van der Waals surface area contributed by atoms with Crippen LogP contribution in [0.2, 0.25) is 0 Å². The van der Waals surface area contributed by atoms with Crippen molar-refractivity contribution in [3.63, 3.8) is 0 Å². The van der Waals surface area contributed by atoms with Crippen LogP contribution < -0.4 is 10.5 Å². The number of amidine groups is 1. The molecule has 0 aliphatic rings. The van der Waals surface area contributed by atoms with Gasteiger partial charge in [-0.15, -0.1) is 0 Å². The van der Waals surface area contributed by atoms with Crippen LogP contribution in [0.4, 0.5) is 0 Å². The van der Waals surface area contributed by atoms with E-state index in [1.165, 1.54) is 0 Å². The lowest BCUT2D eigenvalue weighted by Gasteiger charge is -2.17. The van der Waals surface area contributed by atoms with Crippen LogP contribution in [0.1, 0.15) is 33.6 Å². The quantitative estimate of drug-likeness (QED) is 0.242. The van der Waals surface area contributed by atoms with Crippen molar-refractivity contribution in [2.75, 3.05) is 12.4 Å². The second-order valence-electron chi connectivity index (χ2n) is 4.22. The fourth-order valence-electron chi connectivity index (χ4n) is 1.29. The van der Waals surface area contributed by atoms with E-state index in [1.807, 2.05) is 20.8 Å². The zero-order valence-electron chi connectivity index (χ0n) is 11.1. The van der Waals surface area contributed by atoms with E-state index in [0.717, 1.165) is 0 Å². The molecular formula is C10H23N3O4S. The lowest BCUT2D eigenvalue weighted by Crippen LogP contribution is -2.45. The Labute approximate surface area is 108 Å². The van der Waals surface area contributed by atoms with E-state index in [9.17, 15) is 8.42 Å². The molecule has 108 valence electrons. The van der Waals surface area contributed by atoms with Gasteiger partial charge in [-0.25, -0.2) is 13.1 Å². The molecule has 8 heteroatoms. The largest absolute Gasteiger partial charge is 0.409 e. The van der Waals surface area contributed by atoms with Crippen molar-refractivity contribution < 1.29 is 18.4 Å². The molecule has 0 rings (SSSR count). The number of sulfonamides is 1. The average Bonchev–Trinajstić information content (AvgIpc) is 2.26. The second-order valence-corrected chi connectivity index (χ2v) is 6.10. The molecule has 0 fully saturated rings. The fourth-order valence-corrected chi connectivity index (χ4v) is 2.40. The molecule has 0 aromatic carbocycles. The Morgan fingerprint density at radius 2 is 2.11 bits per heavy atom. The summed E-state index contributed by atoms with van der Waals surface area (Å²) in [5.41, 5.74) is 5.43. The van der Waals surface area contributed by atoms with E-state index < -0.39 is 16.1 Å². The minimum absolute atomic E-state index is 0.0179. The Bertz CT molecular complexity index is 354. The maximum atomic E-state index is 11.7. The number of hydrogen-bond donors (Lipinski definition) is 3. The summed E-state index contributed by atoms with van der Waals surface area (Å²) in [6, 6.07) is -0.677. The summed E-state index contributed by atoms with van der Waals surface area (Å²) in [7, 11) is -3.50. The van der Waals surface area contributed by atoms with Gasteiger partial charge >= 0.3 is 0 Å². The zero-order chi connectivity index (χ0) is 14.2. The summed E-state index contributed by atoms with van der Waals surface area (Å²) in [6.45, 7) is 5.66. The number of rotatable bonds is 9. The molecule has 0 aromatic rings. The highest BCUT2D eigenvalue weighted by atomic mass is 32.2. The Kier molecular flexibility index (Phi) is 7.88. The monoisotopic (exact) mass is 281 g/mol. The summed E-state index contributed by atoms with van der Waals surface area (Å²) in [5, 5.41) is 11.4. The molecule has 0 amide bonds. The van der Waals surface area contributed by atoms with Gasteiger partial charge in [0.2, 0.25) is 10.0 Å². The smallest absolute Gasteiger partial charge is 0.214 e. The summed E-state index contributed by atoms with van der Waals surface area (Å²) >= 11 is 0. The number of nitrogens with two attached hydrogens (primary N) is 1. The van der Waals surface area contributed by atoms with E-state index in [1.54, 1.807) is 0 Å². The Balaban J connectivity index is 4.42. The van der Waals surface area contributed by atoms with E-state index in [4.69, 9.17) is 15.7 Å². The van der Waals surface area contributed by atoms with Crippen molar-refractivity contribution >= 4 is 15.9 Å². The molecular weight excluding hydrogens is 258 g/mol. The maximum absolute atomic E-state index is 11.7. The summed E-state index contributed by atoms with van der Waals surface area (Å²) in [4.78, 5) is 0. The van der Waals surface area contributed by atoms with Gasteiger partial charge in [-0.3, -0.25) is 0 Å². The SMILES string of the molecule is CCCC(NS(=O)(=O)CCOC(C)C)C(N)=NO. The van der Waals surface area contributed by atoms with Crippen LogP contribution >= 0.6 is 0 Å². The van der Waals surface area contributed by atoms with Gasteiger partial charge in [0.25, 0.3) is 0 Å². The van der Waals surface area contributed by atoms with Crippen molar-refractivity contribution in [1.82, 2.24) is 4.72 Å². The number of nitrogens with one attached hydrogen (secondary N) is 1. The van der Waals surface area contributed by atoms with E-state index in [0.29, 0.717) is 12.8 Å². The summed E-state index contributed by atoms with van der Waals surface area (Å²) < 4.78 is 31.0. The highest BCUT2D eigenvalue weighted by Crippen LogP contribution is 2.00. The third-order valence-corrected chi connectivity index (χ3v) is 3.52. The maximum Gasteiger partial charge on any atom is 0.214 e. The fraction of sp³-hybridized carbons (Fsp3) is 0.900. The zero-order valence-corrected chi connectivity index (χ0v) is 11.9. The van der Waals surface area contributed by atoms with E-state index >= 15 is 0 Å². The Morgan fingerprint density at radius 1 is 1.50 bits per heavy atom. The van der Waals surface area contributed by atoms with Gasteiger partial charge in [0, 0.05) is 0 Å². The number of hydrogen-bond acceptors (Lipinski definition) is 5. The average molecular weight is 281 g/mol. The second kappa shape index (κ2) is 8.28. The van der Waals surface area contributed by atoms with Gasteiger partial charge < -0.3 is 15.7 Å². The van der Waals surface area contributed by atoms with E-state index in [2.05, 4.69) is 9.88 Å². The van der Waals surface area contributed by atoms with Crippen LogP contribution in [-0.2, 0) is 14.8 Å². The predicted molar refractivity (Wildman–Crippen MR) is 70.1 cm³/mol. The first-order chi connectivity index (χ1) is 8.32. The third-order valence-electron chi connectivity index (χ3n) is 2.17. The van der Waals surface area contributed by atoms with Gasteiger partial charge in [-0.05, 0) is 20.3 Å². The standard InChI is InChI=1S/C10H23N3O4S/c1-4-5-9(10(11)12-14)13-18(15,16)7-6-17-8(2)3/h8-9,13-14H,4-7H2,1-3H3,(H2,11,12). The lowest BCUT2D eigenvalue weighted by molar-refractivity contribution is 0.0911. The van der Waals surface area contributed by atoms with Gasteiger partial charge in [0.05, 0.1) is 24.5 Å². The minimum Gasteiger partial charge on any atom is -0.409 e. The van der Waals surface area contributed by atoms with Crippen molar-refractivity contribution in [2.45, 2.75) is 45.8 Å². The van der Waals surface area contributed by atoms with Crippen LogP contribution in [0.15, 0.2) is 5.16 Å². The molecule has 0 spiro atoms. The van der Waals surface area contributed by atoms with Gasteiger partial charge in [-0.2, -0.15) is 0 Å². The Hall–Kier alpha value is -0.860. The Morgan fingerprint density at radius 3 is 2.56 bits per heavy atom. The number of nitrogens with zero attached hydrogens (tertiary/aromatic N) is 1. The molecule has 0 bridgehead atoms. The molecule has 0 aromatic heterocycles. The predicted octanol–water partition coefficient (Wildman–Crippen LogP) is 0.246. The molecule has 7 nitrogen and oxygen atoms in total. The highest BCUT2D eigenvalue weighted by molar-refractivity contribution is 7.89. The highest BCUT2D eigenvalue weighted by Gasteiger charge is 2.20. The van der Waals surface area contributed by atoms with E-state index in [-0.39, 0.29) is 24.3 Å². The first-order valence-electron chi connectivity index (χ1n) is 5.91. The van der Waals surface area contributed by atoms with Crippen molar-refractivity contribution in [3.8, 4) is 0 Å². The number of oxime groups is 1. The topological polar surface area (TPSA) is 114 Å². The van der Waals surface area contributed by atoms with Crippen LogP contribution in [0, 0.1) is 0 Å². The van der Waals surface area contributed by atoms with Crippen molar-refractivity contribution in [2.24, 2.45) is 10.9 Å². The first kappa shape index (κ1) is 17.1. The number of ether oxygens (including phenoxy) is 1. The molecule has 0 radical (unpaired) electrons. The third kappa shape index (κ3) is 7.46. The molecule has 1 atom stereocenters. The normalized spacial score (nSPS) is 15.0. The van der Waals surface area contributed by atoms with Gasteiger partial charge in [0.1, 0.15) is 0 Å². The van der Waals surface area contributed by atoms with Crippen LogP contribution in [0.5, 0.6) is 0 Å². The first-order valence-corrected chi connectivity index (χ1v) is 7.56. The molecule has 0 aliphatic heterocycles. The molecule has 18 heavy (non-hydrogen) atoms. The minimum atomic E-state index is -3.50. The molecule has 0 saturated carbocycles. The molecule has 0 saturated heterocycles. The molecule has 4 N–H and O–H groups in total. The molecule has 0 heterocycles. The van der Waals surface area contributed by atoms with Crippen LogP contribution in [0.25, 0.3) is 0 Å². The lowest BCUT2D eigenvalue weighted by atomic mass is 10.2. The van der Waals surface area contributed by atoms with Gasteiger partial charge in [0.15, 0.2) is 5.84 Å². The van der Waals surface area contributed by atoms with Crippen molar-refractivity contribution in [1.29, 1.82) is 0 Å². The molecule has 1 unspecified atom stereocenters. The van der Waals surface area contributed by atoms with Crippen LogP contribution in [-0.4, -0.2) is 44.0 Å². The van der Waals surface area contributed by atoms with Crippen LogP contribution in [0.3, 0.4) is 0 Å².